The fourth-order valence-corrected chi connectivity index (χ4v) is 2.60. The van der Waals surface area contributed by atoms with Crippen molar-refractivity contribution in [1.29, 1.82) is 5.26 Å². The van der Waals surface area contributed by atoms with Crippen molar-refractivity contribution < 1.29 is 5.11 Å². The Bertz CT molecular complexity index is 428. The van der Waals surface area contributed by atoms with Gasteiger partial charge in [-0.25, -0.2) is 0 Å². The highest BCUT2D eigenvalue weighted by Crippen LogP contribution is 2.22. The van der Waals surface area contributed by atoms with Crippen LogP contribution in [0.1, 0.15) is 30.9 Å². The van der Waals surface area contributed by atoms with E-state index < -0.39 is 0 Å². The molecule has 1 saturated heterocycles. The van der Waals surface area contributed by atoms with Gasteiger partial charge in [-0.05, 0) is 50.4 Å². The summed E-state index contributed by atoms with van der Waals surface area (Å²) in [7, 11) is 0. The second-order valence-corrected chi connectivity index (χ2v) is 5.12. The van der Waals surface area contributed by atoms with Crippen LogP contribution in [-0.4, -0.2) is 29.2 Å². The Hall–Kier alpha value is -1.37. The van der Waals surface area contributed by atoms with E-state index in [0.29, 0.717) is 5.92 Å². The van der Waals surface area contributed by atoms with E-state index in [1.807, 2.05) is 31.2 Å². The number of hydrogen-bond donors (Lipinski definition) is 1. The van der Waals surface area contributed by atoms with Crippen LogP contribution >= 0.6 is 0 Å². The molecule has 1 atom stereocenters. The highest BCUT2D eigenvalue weighted by molar-refractivity contribution is 5.37. The fourth-order valence-electron chi connectivity index (χ4n) is 2.60. The second-order valence-electron chi connectivity index (χ2n) is 5.12. The van der Waals surface area contributed by atoms with E-state index in [1.165, 1.54) is 0 Å². The molecule has 1 aromatic carbocycles. The molecule has 3 heteroatoms. The first-order valence-electron chi connectivity index (χ1n) is 6.59. The van der Waals surface area contributed by atoms with Gasteiger partial charge >= 0.3 is 0 Å². The lowest BCUT2D eigenvalue weighted by atomic mass is 9.92. The number of hydrogen-bond acceptors (Lipinski definition) is 3. The number of nitrogens with zero attached hydrogens (tertiary/aromatic N) is 2. The number of rotatable bonds is 3. The molecule has 0 unspecified atom stereocenters. The predicted octanol–water partition coefficient (Wildman–Crippen LogP) is 2.15. The van der Waals surface area contributed by atoms with Crippen LogP contribution in [0.3, 0.4) is 0 Å². The number of aliphatic hydroxyl groups is 1. The number of likely N-dealkylation sites (tertiary alicyclic amines) is 1. The number of aliphatic hydroxyl groups excluding tert-OH is 1. The minimum absolute atomic E-state index is 0.196. The van der Waals surface area contributed by atoms with Gasteiger partial charge in [0.2, 0.25) is 0 Å². The summed E-state index contributed by atoms with van der Waals surface area (Å²) in [5.41, 5.74) is 1.88. The molecule has 1 heterocycles. The third-order valence-electron chi connectivity index (χ3n) is 3.85. The van der Waals surface area contributed by atoms with E-state index in [1.54, 1.807) is 0 Å². The standard InChI is InChI=1S/C15H20N2O/c1-12(18)13-6-8-17(9-7-13)11-15-5-3-2-4-14(15)10-16/h2-5,12-13,18H,6-9,11H2,1H3/t12-/m0/s1. The molecular formula is C15H20N2O. The molecule has 1 fully saturated rings. The average molecular weight is 244 g/mol. The van der Waals surface area contributed by atoms with Gasteiger partial charge in [0.15, 0.2) is 0 Å². The fraction of sp³-hybridized carbons (Fsp3) is 0.533. The molecule has 0 aliphatic carbocycles. The van der Waals surface area contributed by atoms with E-state index in [2.05, 4.69) is 11.0 Å². The summed E-state index contributed by atoms with van der Waals surface area (Å²) in [6, 6.07) is 10.0. The summed E-state index contributed by atoms with van der Waals surface area (Å²) in [6.07, 6.45) is 1.90. The summed E-state index contributed by atoms with van der Waals surface area (Å²) in [5.74, 6) is 0.437. The van der Waals surface area contributed by atoms with Crippen LogP contribution in [0.4, 0.5) is 0 Å². The minimum atomic E-state index is -0.196. The van der Waals surface area contributed by atoms with E-state index >= 15 is 0 Å². The van der Waals surface area contributed by atoms with E-state index in [9.17, 15) is 5.11 Å². The Morgan fingerprint density at radius 3 is 2.67 bits per heavy atom. The van der Waals surface area contributed by atoms with Crippen molar-refractivity contribution in [3.05, 3.63) is 35.4 Å². The highest BCUT2D eigenvalue weighted by atomic mass is 16.3. The van der Waals surface area contributed by atoms with Gasteiger partial charge in [-0.15, -0.1) is 0 Å². The zero-order valence-electron chi connectivity index (χ0n) is 10.8. The third kappa shape index (κ3) is 3.10. The Kier molecular flexibility index (Phi) is 4.35. The highest BCUT2D eigenvalue weighted by Gasteiger charge is 2.22. The Labute approximate surface area is 109 Å². The first-order valence-corrected chi connectivity index (χ1v) is 6.59. The van der Waals surface area contributed by atoms with E-state index in [0.717, 1.165) is 43.6 Å². The molecule has 96 valence electrons. The third-order valence-corrected chi connectivity index (χ3v) is 3.85. The van der Waals surface area contributed by atoms with Crippen LogP contribution in [-0.2, 0) is 6.54 Å². The van der Waals surface area contributed by atoms with Crippen LogP contribution in [0.5, 0.6) is 0 Å². The normalized spacial score (nSPS) is 19.4. The van der Waals surface area contributed by atoms with Crippen molar-refractivity contribution in [2.45, 2.75) is 32.4 Å². The molecule has 1 N–H and O–H groups in total. The Morgan fingerprint density at radius 1 is 1.39 bits per heavy atom. The lowest BCUT2D eigenvalue weighted by Gasteiger charge is -2.33. The topological polar surface area (TPSA) is 47.3 Å². The molecule has 0 aromatic heterocycles. The molecular weight excluding hydrogens is 224 g/mol. The van der Waals surface area contributed by atoms with Crippen molar-refractivity contribution >= 4 is 0 Å². The molecule has 1 aliphatic rings. The van der Waals surface area contributed by atoms with E-state index in [4.69, 9.17) is 5.26 Å². The van der Waals surface area contributed by atoms with Crippen molar-refractivity contribution in [1.82, 2.24) is 4.90 Å². The predicted molar refractivity (Wildman–Crippen MR) is 70.8 cm³/mol. The number of piperidine rings is 1. The van der Waals surface area contributed by atoms with Crippen LogP contribution < -0.4 is 0 Å². The molecule has 2 rings (SSSR count). The van der Waals surface area contributed by atoms with E-state index in [-0.39, 0.29) is 6.10 Å². The van der Waals surface area contributed by atoms with Gasteiger partial charge in [-0.2, -0.15) is 5.26 Å². The lowest BCUT2D eigenvalue weighted by molar-refractivity contribution is 0.0695. The van der Waals surface area contributed by atoms with Gasteiger partial charge in [-0.1, -0.05) is 18.2 Å². The number of nitriles is 1. The summed E-state index contributed by atoms with van der Waals surface area (Å²) < 4.78 is 0. The first kappa shape index (κ1) is 13.1. The van der Waals surface area contributed by atoms with Gasteiger partial charge < -0.3 is 5.11 Å². The SMILES string of the molecule is C[C@H](O)C1CCN(Cc2ccccc2C#N)CC1. The molecule has 1 aliphatic heterocycles. The van der Waals surface area contributed by atoms with Crippen molar-refractivity contribution in [2.24, 2.45) is 5.92 Å². The van der Waals surface area contributed by atoms with Crippen molar-refractivity contribution in [3.8, 4) is 6.07 Å². The zero-order chi connectivity index (χ0) is 13.0. The van der Waals surface area contributed by atoms with Gasteiger partial charge in [0, 0.05) is 6.54 Å². The van der Waals surface area contributed by atoms with Crippen LogP contribution in [0, 0.1) is 17.2 Å². The summed E-state index contributed by atoms with van der Waals surface area (Å²) >= 11 is 0. The van der Waals surface area contributed by atoms with Crippen LogP contribution in [0.25, 0.3) is 0 Å². The average Bonchev–Trinajstić information content (AvgIpc) is 2.40. The molecule has 0 spiro atoms. The second kappa shape index (κ2) is 5.99. The van der Waals surface area contributed by atoms with Gasteiger partial charge in [0.1, 0.15) is 0 Å². The lowest BCUT2D eigenvalue weighted by Crippen LogP contribution is -2.36. The Morgan fingerprint density at radius 2 is 2.06 bits per heavy atom. The molecule has 0 saturated carbocycles. The molecule has 0 amide bonds. The van der Waals surface area contributed by atoms with Crippen molar-refractivity contribution in [2.75, 3.05) is 13.1 Å². The molecule has 0 radical (unpaired) electrons. The van der Waals surface area contributed by atoms with Gasteiger partial charge in [0.05, 0.1) is 17.7 Å². The quantitative estimate of drug-likeness (QED) is 0.886. The largest absolute Gasteiger partial charge is 0.393 e. The molecule has 0 bridgehead atoms. The Balaban J connectivity index is 1.94. The van der Waals surface area contributed by atoms with Crippen molar-refractivity contribution in [3.63, 3.8) is 0 Å². The maximum absolute atomic E-state index is 9.57. The monoisotopic (exact) mass is 244 g/mol. The van der Waals surface area contributed by atoms with Gasteiger partial charge in [0.25, 0.3) is 0 Å². The molecule has 1 aromatic rings. The smallest absolute Gasteiger partial charge is 0.0995 e. The van der Waals surface area contributed by atoms with Crippen LogP contribution in [0.15, 0.2) is 24.3 Å². The summed E-state index contributed by atoms with van der Waals surface area (Å²) in [5, 5.41) is 18.6. The zero-order valence-corrected chi connectivity index (χ0v) is 10.8. The maximum Gasteiger partial charge on any atom is 0.0995 e. The summed E-state index contributed by atoms with van der Waals surface area (Å²) in [6.45, 7) is 4.74. The number of benzene rings is 1. The van der Waals surface area contributed by atoms with Gasteiger partial charge in [-0.3, -0.25) is 4.90 Å². The van der Waals surface area contributed by atoms with Crippen LogP contribution in [0.2, 0.25) is 0 Å². The molecule has 3 nitrogen and oxygen atoms in total. The molecule has 18 heavy (non-hydrogen) atoms. The minimum Gasteiger partial charge on any atom is -0.393 e. The summed E-state index contributed by atoms with van der Waals surface area (Å²) in [4.78, 5) is 2.37. The maximum atomic E-state index is 9.57. The first-order chi connectivity index (χ1) is 8.70.